The lowest BCUT2D eigenvalue weighted by molar-refractivity contribution is 0.0779. The van der Waals surface area contributed by atoms with E-state index in [9.17, 15) is 13.2 Å². The van der Waals surface area contributed by atoms with Gasteiger partial charge in [-0.25, -0.2) is 18.4 Å². The van der Waals surface area contributed by atoms with Crippen molar-refractivity contribution >= 4 is 26.8 Å². The third-order valence-corrected chi connectivity index (χ3v) is 8.17. The molecule has 0 N–H and O–H groups in total. The zero-order valence-electron chi connectivity index (χ0n) is 16.0. The lowest BCUT2D eigenvalue weighted by atomic mass is 10.00. The minimum atomic E-state index is -3.17. The van der Waals surface area contributed by atoms with Crippen LogP contribution in [0.4, 0.5) is 0 Å². The summed E-state index contributed by atoms with van der Waals surface area (Å²) in [7, 11) is 0.635. The number of amides is 1. The van der Waals surface area contributed by atoms with Gasteiger partial charge >= 0.3 is 0 Å². The number of nitrogens with zero attached hydrogens (tertiary/aromatic N) is 4. The Morgan fingerprint density at radius 1 is 1.11 bits per heavy atom. The second-order valence-electron chi connectivity index (χ2n) is 7.87. The largest absolute Gasteiger partial charge is 0.337 e. The number of rotatable bonds is 2. The van der Waals surface area contributed by atoms with Gasteiger partial charge in [-0.3, -0.25) is 4.79 Å². The van der Waals surface area contributed by atoms with Gasteiger partial charge in [-0.05, 0) is 46.1 Å². The van der Waals surface area contributed by atoms with Crippen molar-refractivity contribution in [3.8, 4) is 0 Å². The van der Waals surface area contributed by atoms with Crippen molar-refractivity contribution in [3.05, 3.63) is 35.2 Å². The third kappa shape index (κ3) is 3.00. The van der Waals surface area contributed by atoms with Gasteiger partial charge in [0.1, 0.15) is 0 Å². The lowest BCUT2D eigenvalue weighted by Crippen LogP contribution is -2.38. The summed E-state index contributed by atoms with van der Waals surface area (Å²) in [4.78, 5) is 25.7. The van der Waals surface area contributed by atoms with E-state index < -0.39 is 15.1 Å². The topological polar surface area (TPSA) is 83.5 Å². The molecule has 3 atom stereocenters. The van der Waals surface area contributed by atoms with E-state index in [0.29, 0.717) is 17.6 Å². The van der Waals surface area contributed by atoms with Gasteiger partial charge in [-0.15, -0.1) is 0 Å². The van der Waals surface area contributed by atoms with Gasteiger partial charge in [-0.1, -0.05) is 0 Å². The molecule has 7 nitrogen and oxygen atoms in total. The number of likely N-dealkylation sites (tertiary alicyclic amines) is 1. The predicted octanol–water partition coefficient (Wildman–Crippen LogP) is 1.05. The summed E-state index contributed by atoms with van der Waals surface area (Å²) in [6.45, 7) is 4.55. The average Bonchev–Trinajstić information content (AvgIpc) is 3.14. The Labute approximate surface area is 159 Å². The zero-order chi connectivity index (χ0) is 19.5. The molecule has 0 bridgehead atoms. The van der Waals surface area contributed by atoms with E-state index in [-0.39, 0.29) is 30.2 Å². The van der Waals surface area contributed by atoms with Crippen LogP contribution < -0.4 is 0 Å². The van der Waals surface area contributed by atoms with Crippen LogP contribution in [0.3, 0.4) is 0 Å². The molecule has 2 fully saturated rings. The summed E-state index contributed by atoms with van der Waals surface area (Å²) in [5.41, 5.74) is 3.67. The first-order valence-corrected chi connectivity index (χ1v) is 10.8. The van der Waals surface area contributed by atoms with E-state index in [1.165, 1.54) is 0 Å². The fraction of sp³-hybridized carbons (Fsp3) is 0.526. The van der Waals surface area contributed by atoms with Crippen molar-refractivity contribution in [2.24, 2.45) is 5.92 Å². The number of benzene rings is 1. The highest BCUT2D eigenvalue weighted by atomic mass is 32.2. The Hall–Kier alpha value is -2.06. The Bertz CT molecular complexity index is 1030. The monoisotopic (exact) mass is 388 g/mol. The van der Waals surface area contributed by atoms with E-state index in [2.05, 4.69) is 9.97 Å². The first-order valence-electron chi connectivity index (χ1n) is 9.09. The molecule has 2 aliphatic rings. The van der Waals surface area contributed by atoms with E-state index >= 15 is 0 Å². The minimum Gasteiger partial charge on any atom is -0.337 e. The van der Waals surface area contributed by atoms with Gasteiger partial charge in [0.2, 0.25) is 0 Å². The molecule has 0 saturated carbocycles. The van der Waals surface area contributed by atoms with Gasteiger partial charge in [0.05, 0.1) is 33.4 Å². The van der Waals surface area contributed by atoms with Gasteiger partial charge in [0.25, 0.3) is 5.91 Å². The van der Waals surface area contributed by atoms with Crippen LogP contribution in [0.5, 0.6) is 0 Å². The summed E-state index contributed by atoms with van der Waals surface area (Å²) in [5.74, 6) is 0.0137. The minimum absolute atomic E-state index is 0.0286. The maximum atomic E-state index is 13.0. The van der Waals surface area contributed by atoms with E-state index in [1.54, 1.807) is 23.1 Å². The highest BCUT2D eigenvalue weighted by molar-refractivity contribution is 7.92. The van der Waals surface area contributed by atoms with Crippen molar-refractivity contribution in [2.45, 2.75) is 25.1 Å². The zero-order valence-corrected chi connectivity index (χ0v) is 16.8. The van der Waals surface area contributed by atoms with E-state index in [1.807, 2.05) is 32.8 Å². The summed E-state index contributed by atoms with van der Waals surface area (Å²) in [5, 5.41) is -0.459. The highest BCUT2D eigenvalue weighted by Crippen LogP contribution is 2.36. The molecule has 0 unspecified atom stereocenters. The molecule has 1 aromatic heterocycles. The fourth-order valence-corrected chi connectivity index (χ4v) is 6.75. The first kappa shape index (κ1) is 18.3. The molecular formula is C19H24N4O3S. The van der Waals surface area contributed by atoms with Crippen molar-refractivity contribution in [1.82, 2.24) is 19.8 Å². The number of carbonyl (C=O) groups excluding carboxylic acids is 1. The van der Waals surface area contributed by atoms with Crippen molar-refractivity contribution in [2.75, 3.05) is 32.9 Å². The standard InChI is InChI=1S/C19H24N4O3S/c1-11-12(2)21-16-7-13(5-6-15(16)20-11)19(24)23-8-14-17(22(3)4)10-27(25,26)18(14)9-23/h5-7,14,17-18H,8-10H2,1-4H3/t14-,17+,18-/m0/s1. The highest BCUT2D eigenvalue weighted by Gasteiger charge is 2.53. The van der Waals surface area contributed by atoms with Gasteiger partial charge in [-0.2, -0.15) is 0 Å². The van der Waals surface area contributed by atoms with Crippen LogP contribution in [0.2, 0.25) is 0 Å². The molecule has 3 heterocycles. The Morgan fingerprint density at radius 3 is 2.44 bits per heavy atom. The molecule has 2 aromatic rings. The molecule has 8 heteroatoms. The van der Waals surface area contributed by atoms with Crippen LogP contribution in [-0.2, 0) is 9.84 Å². The molecule has 27 heavy (non-hydrogen) atoms. The molecule has 0 radical (unpaired) electrons. The molecule has 1 aromatic carbocycles. The summed E-state index contributed by atoms with van der Waals surface area (Å²) in [6, 6.07) is 5.27. The molecule has 2 saturated heterocycles. The van der Waals surface area contributed by atoms with E-state index in [4.69, 9.17) is 0 Å². The number of aryl methyl sites for hydroxylation is 2. The predicted molar refractivity (Wildman–Crippen MR) is 103 cm³/mol. The van der Waals surface area contributed by atoms with Gasteiger partial charge in [0.15, 0.2) is 9.84 Å². The summed E-state index contributed by atoms with van der Waals surface area (Å²) >= 11 is 0. The van der Waals surface area contributed by atoms with Crippen molar-refractivity contribution < 1.29 is 13.2 Å². The van der Waals surface area contributed by atoms with E-state index in [0.717, 1.165) is 16.9 Å². The quantitative estimate of drug-likeness (QED) is 0.765. The van der Waals surface area contributed by atoms with Gasteiger partial charge in [0, 0.05) is 30.6 Å². The summed E-state index contributed by atoms with van der Waals surface area (Å²) < 4.78 is 25.0. The lowest BCUT2D eigenvalue weighted by Gasteiger charge is -2.25. The van der Waals surface area contributed by atoms with Crippen LogP contribution in [0, 0.1) is 19.8 Å². The van der Waals surface area contributed by atoms with Crippen LogP contribution in [-0.4, -0.2) is 78.3 Å². The fourth-order valence-electron chi connectivity index (χ4n) is 4.28. The second kappa shape index (κ2) is 6.24. The van der Waals surface area contributed by atoms with Crippen LogP contribution in [0.15, 0.2) is 18.2 Å². The number of hydrogen-bond acceptors (Lipinski definition) is 6. The molecule has 4 rings (SSSR count). The molecular weight excluding hydrogens is 364 g/mol. The number of hydrogen-bond donors (Lipinski definition) is 0. The van der Waals surface area contributed by atoms with Crippen LogP contribution >= 0.6 is 0 Å². The molecule has 0 aliphatic carbocycles. The Morgan fingerprint density at radius 2 is 1.78 bits per heavy atom. The smallest absolute Gasteiger partial charge is 0.253 e. The molecule has 1 amide bonds. The third-order valence-electron chi connectivity index (χ3n) is 5.94. The maximum Gasteiger partial charge on any atom is 0.253 e. The number of fused-ring (bicyclic) bond motifs is 2. The van der Waals surface area contributed by atoms with Crippen molar-refractivity contribution in [1.29, 1.82) is 0 Å². The molecule has 144 valence electrons. The maximum absolute atomic E-state index is 13.0. The van der Waals surface area contributed by atoms with Crippen LogP contribution in [0.25, 0.3) is 11.0 Å². The Kier molecular flexibility index (Phi) is 4.23. The van der Waals surface area contributed by atoms with Crippen molar-refractivity contribution in [3.63, 3.8) is 0 Å². The molecule has 0 spiro atoms. The number of sulfone groups is 1. The Balaban J connectivity index is 1.63. The SMILES string of the molecule is Cc1nc2ccc(C(=O)N3C[C@H]4[C@H](N(C)C)CS(=O)(=O)[C@H]4C3)cc2nc1C. The average molecular weight is 388 g/mol. The summed E-state index contributed by atoms with van der Waals surface area (Å²) in [6.07, 6.45) is 0. The van der Waals surface area contributed by atoms with Crippen LogP contribution in [0.1, 0.15) is 21.7 Å². The molecule has 2 aliphatic heterocycles. The number of aromatic nitrogens is 2. The second-order valence-corrected chi connectivity index (χ2v) is 10.1. The first-order chi connectivity index (χ1) is 12.7. The number of carbonyl (C=O) groups is 1. The van der Waals surface area contributed by atoms with Gasteiger partial charge < -0.3 is 9.80 Å². The normalized spacial score (nSPS) is 26.7.